The Bertz CT molecular complexity index is 3780. The van der Waals surface area contributed by atoms with Crippen LogP contribution < -0.4 is 150 Å². The van der Waals surface area contributed by atoms with Crippen LogP contribution in [0.2, 0.25) is 0 Å². The number of sulfonamides is 2. The van der Waals surface area contributed by atoms with Crippen molar-refractivity contribution in [1.29, 1.82) is 10.5 Å². The third-order valence-electron chi connectivity index (χ3n) is 8.45. The van der Waals surface area contributed by atoms with Crippen molar-refractivity contribution in [2.45, 2.75) is 74.2 Å². The number of carbonyl (C=O) groups is 8. The fraction of sp³-hybridized carbons (Fsp3) is 0.316. The van der Waals surface area contributed by atoms with E-state index in [0.717, 1.165) is 0 Å². The molecule has 482 valence electrons. The van der Waals surface area contributed by atoms with Crippen molar-refractivity contribution in [3.05, 3.63) is 44.6 Å². The second kappa shape index (κ2) is 39.2. The van der Waals surface area contributed by atoms with Crippen LogP contribution in [0.1, 0.15) is 38.5 Å². The number of nitrogens with one attached hydrogen (secondary N) is 3. The average molecular weight is 1390 g/mol. The SMILES string of the molecule is N#CC(=C=[N-])C1=NC(=O)C(=O)C1.N#CC(=C=[N-])C1=NC(=O)CC(=O)N1.O=C1CC(=C(C(F)(F)F)C(F)(F)F)N=C1[O-].O=C1CC(=NS(=O)(=O)C(F)(F)F)N=C1[O-].O=C1CC([O-])=NC(=C(C(F)(F)F)C(F)(F)F)N1.O=C1CC([O-])=NC(=NS(=O)(=O)C(F)(F)F)N1.[Li+].[Li+].[Li+].[Li+].[Li+].[Li+]. The first-order chi connectivity index (χ1) is 40.1. The molecular formula is C38H15F18Li6N15O16S2. The zero-order chi connectivity index (χ0) is 69.6. The number of amidine groups is 2. The van der Waals surface area contributed by atoms with E-state index in [0.29, 0.717) is 0 Å². The molecule has 0 aromatic carbocycles. The number of nitriles is 2. The van der Waals surface area contributed by atoms with Crippen molar-refractivity contribution in [3.8, 4) is 12.1 Å². The van der Waals surface area contributed by atoms with Gasteiger partial charge in [0, 0.05) is 11.8 Å². The Kier molecular flexibility index (Phi) is 40.8. The average Bonchev–Trinajstić information content (AvgIpc) is 1.09. The molecule has 0 spiro atoms. The molecule has 5 amide bonds. The summed E-state index contributed by atoms with van der Waals surface area (Å²) in [5.41, 5.74) is -19.3. The van der Waals surface area contributed by atoms with Crippen LogP contribution in [-0.4, -0.2) is 158 Å². The van der Waals surface area contributed by atoms with E-state index in [1.807, 2.05) is 0 Å². The van der Waals surface area contributed by atoms with E-state index in [2.05, 4.69) is 44.1 Å². The Morgan fingerprint density at radius 3 is 1.19 bits per heavy atom. The molecule has 0 aliphatic carbocycles. The number of rotatable bonds is 4. The second-order valence-corrected chi connectivity index (χ2v) is 18.2. The molecule has 0 bridgehead atoms. The van der Waals surface area contributed by atoms with Gasteiger partial charge in [0.05, 0.1) is 49.1 Å². The Morgan fingerprint density at radius 1 is 0.463 bits per heavy atom. The topological polar surface area (TPSA) is 524 Å². The van der Waals surface area contributed by atoms with Crippen LogP contribution in [0.3, 0.4) is 0 Å². The Morgan fingerprint density at radius 2 is 0.863 bits per heavy atom. The molecule has 6 aliphatic heterocycles. The molecule has 6 heterocycles. The number of hydrogen-bond acceptors (Lipinski definition) is 20. The molecule has 3 N–H and O–H groups in total. The number of carbonyl (C=O) groups excluding carboxylic acids is 8. The van der Waals surface area contributed by atoms with E-state index < -0.39 is 186 Å². The molecule has 95 heavy (non-hydrogen) atoms. The Labute approximate surface area is 585 Å². The van der Waals surface area contributed by atoms with Gasteiger partial charge in [-0.25, -0.2) is 26.7 Å². The number of allylic oxidation sites excluding steroid dienone is 4. The van der Waals surface area contributed by atoms with E-state index in [1.54, 1.807) is 17.3 Å². The quantitative estimate of drug-likeness (QED) is 0.0587. The zero-order valence-electron chi connectivity index (χ0n) is 47.3. The number of halogens is 18. The summed E-state index contributed by atoms with van der Waals surface area (Å²) in [6.45, 7) is 0. The van der Waals surface area contributed by atoms with Crippen molar-refractivity contribution >= 4 is 126 Å². The van der Waals surface area contributed by atoms with Crippen LogP contribution in [0.25, 0.3) is 10.8 Å². The first-order valence-electron chi connectivity index (χ1n) is 20.8. The predicted octanol–water partition coefficient (Wildman–Crippen LogP) is -20.1. The molecule has 0 atom stereocenters. The largest absolute Gasteiger partial charge is 1.00 e. The summed E-state index contributed by atoms with van der Waals surface area (Å²) >= 11 is 0. The van der Waals surface area contributed by atoms with Crippen LogP contribution in [0.5, 0.6) is 0 Å². The first-order valence-corrected chi connectivity index (χ1v) is 23.7. The predicted molar refractivity (Wildman–Crippen MR) is 240 cm³/mol. The molecule has 57 heteroatoms. The number of hydrogen-bond donors (Lipinski definition) is 3. The Balaban J connectivity index is -0.000000248. The van der Waals surface area contributed by atoms with Crippen molar-refractivity contribution in [2.24, 2.45) is 38.7 Å². The minimum atomic E-state index is -5.82. The standard InChI is InChI=1S/C7H4F6N2O2.C7H3F6NO2.C7H3N4O2.C7H2N3O2.C5H4F3N3O4S.C5H3F3N2O4S.6Li/c8-6(9,10)4(7(11,12)13)5-14-2(16)1-3(17)15-5;8-6(9,10)4(7(11,12)13)2-1-3(15)5(16)14-2;8-2-4(3-9)7-10-5(12)1-6(13)11-7;8-2-4(3-9)5-1-6(11)7(12)10-5;6-5(7,8)16(14,15)11-4-9-2(12)1-3(13)10-4;6-5(7,8)15(13,14)10-3-1-2(11)4(12)9-3;;;;;;/h1H2,(H,14,16)(H,15,17);1H2,(H,14,16);1H2,(H,10,11,12,13);1H2;1H2,(H2,9,10,11,12,13);1H2,(H,9,10,12);;;;;;/q;;2*-1;;;6*+1/p-4. The van der Waals surface area contributed by atoms with Gasteiger partial charge in [-0.3, -0.25) is 53.7 Å². The normalized spacial score (nSPS) is 16.9. The molecule has 0 aromatic rings. The third kappa shape index (κ3) is 31.6. The zero-order valence-corrected chi connectivity index (χ0v) is 48.9. The summed E-state index contributed by atoms with van der Waals surface area (Å²) in [6, 6.07) is 3.08. The summed E-state index contributed by atoms with van der Waals surface area (Å²) in [5, 5.41) is 80.7. The van der Waals surface area contributed by atoms with E-state index in [9.17, 15) is 155 Å². The summed E-state index contributed by atoms with van der Waals surface area (Å²) in [7, 11) is -11.6. The molecule has 31 nitrogen and oxygen atoms in total. The molecule has 0 radical (unpaired) electrons. The summed E-state index contributed by atoms with van der Waals surface area (Å²) in [4.78, 5) is 102. The maximum absolute atomic E-state index is 12.2. The third-order valence-corrected chi connectivity index (χ3v) is 10.5. The number of alkyl halides is 18. The van der Waals surface area contributed by atoms with E-state index >= 15 is 0 Å². The molecule has 6 aliphatic rings. The Hall–Kier alpha value is -7.10. The van der Waals surface area contributed by atoms with Crippen molar-refractivity contribution < 1.29 is 268 Å². The number of Topliss-reactive ketones (excluding diaryl/α,β-unsaturated/α-hetero) is 3. The van der Waals surface area contributed by atoms with Gasteiger partial charge in [-0.2, -0.15) is 111 Å². The number of aliphatic imine (C=N–C) groups is 6. The molecule has 6 rings (SSSR count). The molecule has 0 aromatic heterocycles. The number of guanidine groups is 1. The van der Waals surface area contributed by atoms with Gasteiger partial charge >= 0.3 is 175 Å². The van der Waals surface area contributed by atoms with Crippen molar-refractivity contribution in [2.75, 3.05) is 0 Å². The minimum absolute atomic E-state index is 0. The molecule has 0 saturated heterocycles. The van der Waals surface area contributed by atoms with Gasteiger partial charge in [0.1, 0.15) is 35.8 Å². The van der Waals surface area contributed by atoms with E-state index in [-0.39, 0.29) is 149 Å². The van der Waals surface area contributed by atoms with Crippen molar-refractivity contribution in [1.82, 2.24) is 16.0 Å². The van der Waals surface area contributed by atoms with Gasteiger partial charge in [0.15, 0.2) is 28.5 Å². The molecular weight excluding hydrogens is 1370 g/mol. The van der Waals surface area contributed by atoms with E-state index in [1.165, 1.54) is 17.3 Å². The van der Waals surface area contributed by atoms with Gasteiger partial charge < -0.3 is 41.9 Å². The first kappa shape index (κ1) is 99.0. The van der Waals surface area contributed by atoms with E-state index in [4.69, 9.17) is 21.3 Å². The van der Waals surface area contributed by atoms with Gasteiger partial charge in [0.2, 0.25) is 29.5 Å². The number of ketones is 3. The fourth-order valence-electron chi connectivity index (χ4n) is 5.03. The van der Waals surface area contributed by atoms with Crippen molar-refractivity contribution in [3.63, 3.8) is 0 Å². The van der Waals surface area contributed by atoms with Gasteiger partial charge in [-0.15, -0.1) is 8.80 Å². The van der Waals surface area contributed by atoms with Crippen LogP contribution in [-0.2, 0) is 58.4 Å². The van der Waals surface area contributed by atoms with Crippen LogP contribution >= 0.6 is 0 Å². The van der Waals surface area contributed by atoms with Crippen LogP contribution in [0.4, 0.5) is 79.0 Å². The molecule has 0 fully saturated rings. The van der Waals surface area contributed by atoms with Crippen LogP contribution in [0, 0.1) is 22.7 Å². The second-order valence-electron chi connectivity index (χ2n) is 15.0. The fourth-order valence-corrected chi connectivity index (χ4v) is 5.93. The monoisotopic (exact) mass is 1390 g/mol. The minimum Gasteiger partial charge on any atom is -0.861 e. The molecule has 0 unspecified atom stereocenters. The summed E-state index contributed by atoms with van der Waals surface area (Å²) < 4.78 is 262. The van der Waals surface area contributed by atoms with Gasteiger partial charge in [0.25, 0.3) is 5.91 Å². The number of amides is 5. The summed E-state index contributed by atoms with van der Waals surface area (Å²) in [5.74, 6) is -13.9. The molecule has 0 saturated carbocycles. The van der Waals surface area contributed by atoms with Gasteiger partial charge in [-0.1, -0.05) is 0 Å². The maximum atomic E-state index is 12.2. The maximum Gasteiger partial charge on any atom is 1.00 e. The smallest absolute Gasteiger partial charge is 0.861 e. The number of nitrogens with zero attached hydrogens (tertiary/aromatic N) is 12. The summed E-state index contributed by atoms with van der Waals surface area (Å²) in [6.07, 6.45) is -27.2. The van der Waals surface area contributed by atoms with Gasteiger partial charge in [-0.05, 0) is 11.8 Å². The van der Waals surface area contributed by atoms with Crippen LogP contribution in [0.15, 0.2) is 72.6 Å².